The summed E-state index contributed by atoms with van der Waals surface area (Å²) in [6.07, 6.45) is 6.18. The maximum absolute atomic E-state index is 5.03. The molecule has 6 fully saturated rings. The minimum Gasteiger partial charge on any atom is -0.172 e. The van der Waals surface area contributed by atoms with E-state index in [4.69, 9.17) is 12.6 Å². The van der Waals surface area contributed by atoms with Gasteiger partial charge in [-0.15, -0.1) is 0 Å². The molecule has 0 aromatic rings. The predicted octanol–water partition coefficient (Wildman–Crippen LogP) is 2.84. The molecule has 6 saturated carbocycles. The Labute approximate surface area is 96.6 Å². The van der Waals surface area contributed by atoms with Crippen molar-refractivity contribution in [2.24, 2.45) is 53.3 Å². The van der Waals surface area contributed by atoms with Gasteiger partial charge >= 0.3 is 0 Å². The molecule has 0 amide bonds. The topological polar surface area (TPSA) is 0 Å². The number of hydrogen-bond acceptors (Lipinski definition) is 1. The molecule has 0 saturated heterocycles. The van der Waals surface area contributed by atoms with Crippen LogP contribution in [0.2, 0.25) is 0 Å². The van der Waals surface area contributed by atoms with E-state index >= 15 is 0 Å². The molecule has 10 atom stereocenters. The first kappa shape index (κ1) is 7.63. The number of fused-ring (bicyclic) bond motifs is 13. The second-order valence-electron chi connectivity index (χ2n) is 7.45. The van der Waals surface area contributed by atoms with Gasteiger partial charge in [-0.3, -0.25) is 0 Å². The number of thiol groups is 1. The predicted molar refractivity (Wildman–Crippen MR) is 61.6 cm³/mol. The maximum atomic E-state index is 5.03. The molecule has 15 heavy (non-hydrogen) atoms. The van der Waals surface area contributed by atoms with E-state index in [2.05, 4.69) is 0 Å². The second-order valence-corrected chi connectivity index (χ2v) is 8.29. The fourth-order valence-corrected chi connectivity index (χ4v) is 8.11. The van der Waals surface area contributed by atoms with Crippen LogP contribution >= 0.6 is 12.6 Å². The smallest absolute Gasteiger partial charge is 0.0195 e. The third-order valence-electron chi connectivity index (χ3n) is 7.96. The zero-order valence-electron chi connectivity index (χ0n) is 8.97. The van der Waals surface area contributed by atoms with Gasteiger partial charge in [-0.1, -0.05) is 0 Å². The van der Waals surface area contributed by atoms with Crippen molar-refractivity contribution in [1.29, 1.82) is 0 Å². The van der Waals surface area contributed by atoms with Crippen molar-refractivity contribution in [2.75, 3.05) is 0 Å². The molecule has 0 radical (unpaired) electrons. The molecule has 0 aliphatic heterocycles. The van der Waals surface area contributed by atoms with Gasteiger partial charge in [0.25, 0.3) is 0 Å². The molecule has 1 heteroatoms. The first-order valence-electron chi connectivity index (χ1n) is 7.05. The summed E-state index contributed by atoms with van der Waals surface area (Å²) < 4.78 is 0.575. The fraction of sp³-hybridized carbons (Fsp3) is 1.00. The van der Waals surface area contributed by atoms with Crippen molar-refractivity contribution in [3.63, 3.8) is 0 Å². The zero-order chi connectivity index (χ0) is 9.52. The van der Waals surface area contributed by atoms with E-state index in [1.807, 2.05) is 0 Å². The highest BCUT2D eigenvalue weighted by atomic mass is 32.1. The average molecular weight is 218 g/mol. The molecule has 80 valence electrons. The maximum Gasteiger partial charge on any atom is 0.0195 e. The van der Waals surface area contributed by atoms with Crippen LogP contribution in [-0.2, 0) is 0 Å². The summed E-state index contributed by atoms with van der Waals surface area (Å²) in [7, 11) is 0. The molecular formula is C14H18S. The Bertz CT molecular complexity index is 391. The lowest BCUT2D eigenvalue weighted by atomic mass is 9.16. The first-order chi connectivity index (χ1) is 7.32. The standard InChI is InChI=1S/C14H18S/c15-14-4-3-7(14)10-11-8-5-1-2-6(5)9(8)12(11)13(10)14/h5-13,15H,1-4H2. The third-order valence-corrected chi connectivity index (χ3v) is 8.82. The Balaban J connectivity index is 1.40. The van der Waals surface area contributed by atoms with Crippen LogP contribution in [0.4, 0.5) is 0 Å². The summed E-state index contributed by atoms with van der Waals surface area (Å²) in [4.78, 5) is 0. The normalized spacial score (nSPS) is 84.2. The minimum absolute atomic E-state index is 0.575. The van der Waals surface area contributed by atoms with Crippen molar-refractivity contribution >= 4 is 12.6 Å². The van der Waals surface area contributed by atoms with E-state index in [0.717, 1.165) is 11.8 Å². The molecular weight excluding hydrogens is 200 g/mol. The first-order valence-corrected chi connectivity index (χ1v) is 7.49. The summed E-state index contributed by atoms with van der Waals surface area (Å²) in [5, 5.41) is 0. The van der Waals surface area contributed by atoms with Crippen molar-refractivity contribution in [3.05, 3.63) is 0 Å². The van der Waals surface area contributed by atoms with Crippen LogP contribution < -0.4 is 0 Å². The Morgan fingerprint density at radius 1 is 0.800 bits per heavy atom. The SMILES string of the molecule is SC12CCC1C1C3C4C5CCC5C4C3C12. The van der Waals surface area contributed by atoms with Gasteiger partial charge in [0.1, 0.15) is 0 Å². The number of hydrogen-bond donors (Lipinski definition) is 1. The quantitative estimate of drug-likeness (QED) is 0.469. The Morgan fingerprint density at radius 2 is 1.53 bits per heavy atom. The van der Waals surface area contributed by atoms with E-state index in [-0.39, 0.29) is 0 Å². The molecule has 0 N–H and O–H groups in total. The summed E-state index contributed by atoms with van der Waals surface area (Å²) in [5.41, 5.74) is 0. The Hall–Kier alpha value is 0.350. The Kier molecular flexibility index (Phi) is 0.933. The van der Waals surface area contributed by atoms with E-state index in [9.17, 15) is 0 Å². The van der Waals surface area contributed by atoms with Crippen molar-refractivity contribution < 1.29 is 0 Å². The van der Waals surface area contributed by atoms with Crippen LogP contribution in [0.25, 0.3) is 0 Å². The molecule has 6 aliphatic rings. The largest absolute Gasteiger partial charge is 0.172 e. The molecule has 0 aromatic heterocycles. The van der Waals surface area contributed by atoms with Crippen LogP contribution in [-0.4, -0.2) is 4.75 Å². The van der Waals surface area contributed by atoms with Crippen molar-refractivity contribution in [1.82, 2.24) is 0 Å². The monoisotopic (exact) mass is 218 g/mol. The van der Waals surface area contributed by atoms with Gasteiger partial charge in [0, 0.05) is 4.75 Å². The molecule has 0 heterocycles. The van der Waals surface area contributed by atoms with Crippen LogP contribution in [0, 0.1) is 53.3 Å². The third kappa shape index (κ3) is 0.483. The second kappa shape index (κ2) is 1.83. The molecule has 0 aromatic carbocycles. The highest BCUT2D eigenvalue weighted by molar-refractivity contribution is 7.82. The lowest BCUT2D eigenvalue weighted by molar-refractivity contribution is -0.398. The molecule has 6 rings (SSSR count). The summed E-state index contributed by atoms with van der Waals surface area (Å²) in [6.45, 7) is 0. The summed E-state index contributed by atoms with van der Waals surface area (Å²) >= 11 is 5.03. The van der Waals surface area contributed by atoms with E-state index < -0.39 is 0 Å². The van der Waals surface area contributed by atoms with Gasteiger partial charge in [0.05, 0.1) is 0 Å². The van der Waals surface area contributed by atoms with Crippen molar-refractivity contribution in [3.8, 4) is 0 Å². The van der Waals surface area contributed by atoms with Crippen LogP contribution in [0.1, 0.15) is 25.7 Å². The molecule has 10 unspecified atom stereocenters. The van der Waals surface area contributed by atoms with Crippen LogP contribution in [0.3, 0.4) is 0 Å². The number of rotatable bonds is 0. The highest BCUT2D eigenvalue weighted by Crippen LogP contribution is 2.89. The van der Waals surface area contributed by atoms with Gasteiger partial charge in [0.15, 0.2) is 0 Å². The highest BCUT2D eigenvalue weighted by Gasteiger charge is 2.86. The zero-order valence-corrected chi connectivity index (χ0v) is 9.87. The lowest BCUT2D eigenvalue weighted by Crippen LogP contribution is -2.88. The molecule has 0 spiro atoms. The minimum atomic E-state index is 0.575. The van der Waals surface area contributed by atoms with Crippen molar-refractivity contribution in [2.45, 2.75) is 30.4 Å². The van der Waals surface area contributed by atoms with E-state index in [1.165, 1.54) is 54.3 Å². The van der Waals surface area contributed by atoms with Gasteiger partial charge in [0.2, 0.25) is 0 Å². The molecule has 0 bridgehead atoms. The average Bonchev–Trinajstić information content (AvgIpc) is 2.16. The van der Waals surface area contributed by atoms with Gasteiger partial charge in [-0.25, -0.2) is 0 Å². The molecule has 0 nitrogen and oxygen atoms in total. The fourth-order valence-electron chi connectivity index (χ4n) is 7.34. The summed E-state index contributed by atoms with van der Waals surface area (Å²) in [6, 6.07) is 0. The van der Waals surface area contributed by atoms with Gasteiger partial charge in [-0.2, -0.15) is 12.6 Å². The lowest BCUT2D eigenvalue weighted by Gasteiger charge is -2.90. The Morgan fingerprint density at radius 3 is 2.13 bits per heavy atom. The summed E-state index contributed by atoms with van der Waals surface area (Å²) in [5.74, 6) is 10.7. The van der Waals surface area contributed by atoms with Crippen LogP contribution in [0.5, 0.6) is 0 Å². The van der Waals surface area contributed by atoms with E-state index in [1.54, 1.807) is 12.8 Å². The van der Waals surface area contributed by atoms with Crippen LogP contribution in [0.15, 0.2) is 0 Å². The van der Waals surface area contributed by atoms with E-state index in [0.29, 0.717) is 4.75 Å². The molecule has 6 aliphatic carbocycles. The van der Waals surface area contributed by atoms with Gasteiger partial charge < -0.3 is 0 Å². The van der Waals surface area contributed by atoms with Gasteiger partial charge in [-0.05, 0) is 78.9 Å².